The van der Waals surface area contributed by atoms with Crippen molar-refractivity contribution in [2.75, 3.05) is 63.3 Å². The maximum absolute atomic E-state index is 9.96. The smallest absolute Gasteiger partial charge is 0.164 e. The number of likely N-dealkylation sites (N-methyl/N-ethyl adjacent to an activating group) is 1. The molecule has 1 aromatic carbocycles. The Bertz CT molecular complexity index is 921. The van der Waals surface area contributed by atoms with Crippen LogP contribution in [0.5, 0.6) is 5.75 Å². The van der Waals surface area contributed by atoms with Gasteiger partial charge in [-0.2, -0.15) is 0 Å². The molecule has 0 aliphatic carbocycles. The average Bonchev–Trinajstić information content (AvgIpc) is 3.32. The van der Waals surface area contributed by atoms with Gasteiger partial charge in [-0.3, -0.25) is 0 Å². The third-order valence-electron chi connectivity index (χ3n) is 6.03. The van der Waals surface area contributed by atoms with Crippen molar-refractivity contribution in [3.63, 3.8) is 0 Å². The summed E-state index contributed by atoms with van der Waals surface area (Å²) in [6, 6.07) is 8.40. The van der Waals surface area contributed by atoms with Crippen molar-refractivity contribution in [2.24, 2.45) is 0 Å². The lowest BCUT2D eigenvalue weighted by molar-refractivity contribution is 0.108. The molecule has 2 fully saturated rings. The molecular weight excluding hydrogens is 420 g/mol. The first-order valence-corrected chi connectivity index (χ1v) is 11.8. The van der Waals surface area contributed by atoms with Crippen LogP contribution in [0.2, 0.25) is 0 Å². The van der Waals surface area contributed by atoms with Crippen molar-refractivity contribution < 1.29 is 14.6 Å². The Morgan fingerprint density at radius 3 is 3.00 bits per heavy atom. The summed E-state index contributed by atoms with van der Waals surface area (Å²) in [6.07, 6.45) is 0.400. The summed E-state index contributed by atoms with van der Waals surface area (Å²) >= 11 is 0. The molecule has 9 nitrogen and oxygen atoms in total. The molecule has 0 bridgehead atoms. The van der Waals surface area contributed by atoms with Crippen LogP contribution < -0.4 is 25.6 Å². The maximum atomic E-state index is 9.96. The van der Waals surface area contributed by atoms with Crippen molar-refractivity contribution in [1.29, 1.82) is 0 Å². The standard InChI is InChI=1S/C24H36N6O3/c1-16-13-30(9-8-26-16)24-17(2)22(27-19-7-10-32-14-19)28-23(29-24)18-5-4-6-21(11-18)33-15-20(31)12-25-3/h4-6,11,16,19-20,25-26,31H,7-10,12-15H2,1-3H3,(H,27,28,29)/t16-,19?,20?/m0/s1. The summed E-state index contributed by atoms with van der Waals surface area (Å²) in [5.74, 6) is 3.16. The van der Waals surface area contributed by atoms with Gasteiger partial charge < -0.3 is 35.4 Å². The number of ether oxygens (including phenoxy) is 2. The van der Waals surface area contributed by atoms with Gasteiger partial charge in [0.1, 0.15) is 30.1 Å². The van der Waals surface area contributed by atoms with Gasteiger partial charge in [-0.05, 0) is 39.4 Å². The highest BCUT2D eigenvalue weighted by Crippen LogP contribution is 2.30. The molecule has 1 aromatic heterocycles. The van der Waals surface area contributed by atoms with Gasteiger partial charge in [0.15, 0.2) is 5.82 Å². The van der Waals surface area contributed by atoms with Crippen LogP contribution in [0.15, 0.2) is 24.3 Å². The number of benzene rings is 1. The van der Waals surface area contributed by atoms with E-state index in [0.717, 1.165) is 55.4 Å². The Hall–Kier alpha value is -2.46. The molecule has 180 valence electrons. The van der Waals surface area contributed by atoms with Gasteiger partial charge in [0.25, 0.3) is 0 Å². The molecular formula is C24H36N6O3. The molecule has 3 heterocycles. The van der Waals surface area contributed by atoms with Crippen LogP contribution in [-0.4, -0.2) is 86.3 Å². The predicted octanol–water partition coefficient (Wildman–Crippen LogP) is 1.41. The van der Waals surface area contributed by atoms with Crippen LogP contribution in [0, 0.1) is 6.92 Å². The summed E-state index contributed by atoms with van der Waals surface area (Å²) in [5.41, 5.74) is 1.94. The summed E-state index contributed by atoms with van der Waals surface area (Å²) in [7, 11) is 1.80. The second-order valence-corrected chi connectivity index (χ2v) is 8.90. The summed E-state index contributed by atoms with van der Waals surface area (Å²) < 4.78 is 11.4. The number of anilines is 2. The molecule has 0 spiro atoms. The lowest BCUT2D eigenvalue weighted by atomic mass is 10.1. The number of hydrogen-bond acceptors (Lipinski definition) is 9. The number of aromatic nitrogens is 2. The van der Waals surface area contributed by atoms with E-state index >= 15 is 0 Å². The summed E-state index contributed by atoms with van der Waals surface area (Å²) in [4.78, 5) is 12.3. The molecule has 33 heavy (non-hydrogen) atoms. The minimum absolute atomic E-state index is 0.220. The Morgan fingerprint density at radius 2 is 2.24 bits per heavy atom. The first-order chi connectivity index (χ1) is 16.0. The molecule has 4 N–H and O–H groups in total. The lowest BCUT2D eigenvalue weighted by Gasteiger charge is -2.34. The Morgan fingerprint density at radius 1 is 1.36 bits per heavy atom. The molecule has 0 radical (unpaired) electrons. The van der Waals surface area contributed by atoms with Gasteiger partial charge in [0, 0.05) is 50.0 Å². The van der Waals surface area contributed by atoms with Crippen molar-refractivity contribution in [2.45, 2.75) is 38.5 Å². The fraction of sp³-hybridized carbons (Fsp3) is 0.583. The zero-order chi connectivity index (χ0) is 23.2. The van der Waals surface area contributed by atoms with Gasteiger partial charge >= 0.3 is 0 Å². The van der Waals surface area contributed by atoms with Crippen LogP contribution in [0.25, 0.3) is 11.4 Å². The molecule has 9 heteroatoms. The third-order valence-corrected chi connectivity index (χ3v) is 6.03. The van der Waals surface area contributed by atoms with Crippen LogP contribution in [0.3, 0.4) is 0 Å². The quantitative estimate of drug-likeness (QED) is 0.446. The van der Waals surface area contributed by atoms with E-state index in [1.165, 1.54) is 0 Å². The average molecular weight is 457 g/mol. The molecule has 2 unspecified atom stereocenters. The van der Waals surface area contributed by atoms with Crippen LogP contribution in [-0.2, 0) is 4.74 Å². The molecule has 0 saturated carbocycles. The summed E-state index contributed by atoms with van der Waals surface area (Å²) in [5, 5.41) is 20.0. The first kappa shape index (κ1) is 23.7. The van der Waals surface area contributed by atoms with E-state index in [1.54, 1.807) is 7.05 Å². The number of aliphatic hydroxyl groups excluding tert-OH is 1. The number of rotatable bonds is 9. The van der Waals surface area contributed by atoms with E-state index in [0.29, 0.717) is 30.8 Å². The van der Waals surface area contributed by atoms with E-state index in [2.05, 4.69) is 34.7 Å². The van der Waals surface area contributed by atoms with E-state index in [1.807, 2.05) is 24.3 Å². The Balaban J connectivity index is 1.64. The van der Waals surface area contributed by atoms with E-state index in [4.69, 9.17) is 19.4 Å². The molecule has 3 atom stereocenters. The van der Waals surface area contributed by atoms with Crippen molar-refractivity contribution in [3.8, 4) is 17.1 Å². The number of aliphatic hydroxyl groups is 1. The van der Waals surface area contributed by atoms with Gasteiger partial charge in [0.05, 0.1) is 12.6 Å². The molecule has 4 rings (SSSR count). The molecule has 2 saturated heterocycles. The number of nitrogens with zero attached hydrogens (tertiary/aromatic N) is 3. The van der Waals surface area contributed by atoms with Gasteiger partial charge in [-0.15, -0.1) is 0 Å². The topological polar surface area (TPSA) is 104 Å². The highest BCUT2D eigenvalue weighted by molar-refractivity contribution is 5.67. The Labute approximate surface area is 195 Å². The van der Waals surface area contributed by atoms with Crippen LogP contribution >= 0.6 is 0 Å². The zero-order valence-corrected chi connectivity index (χ0v) is 19.8. The highest BCUT2D eigenvalue weighted by atomic mass is 16.5. The van der Waals surface area contributed by atoms with Crippen molar-refractivity contribution >= 4 is 11.6 Å². The predicted molar refractivity (Wildman–Crippen MR) is 130 cm³/mol. The molecule has 2 aliphatic heterocycles. The van der Waals surface area contributed by atoms with Gasteiger partial charge in [-0.1, -0.05) is 12.1 Å². The second kappa shape index (κ2) is 11.1. The largest absolute Gasteiger partial charge is 0.491 e. The molecule has 2 aliphatic rings. The lowest BCUT2D eigenvalue weighted by Crippen LogP contribution is -2.49. The van der Waals surface area contributed by atoms with E-state index < -0.39 is 6.10 Å². The number of nitrogens with one attached hydrogen (secondary N) is 3. The minimum atomic E-state index is -0.569. The fourth-order valence-corrected chi connectivity index (χ4v) is 4.26. The fourth-order valence-electron chi connectivity index (χ4n) is 4.26. The summed E-state index contributed by atoms with van der Waals surface area (Å²) in [6.45, 7) is 9.18. The van der Waals surface area contributed by atoms with Gasteiger partial charge in [0.2, 0.25) is 0 Å². The normalized spacial score (nSPS) is 21.8. The van der Waals surface area contributed by atoms with Crippen LogP contribution in [0.4, 0.5) is 11.6 Å². The minimum Gasteiger partial charge on any atom is -0.491 e. The van der Waals surface area contributed by atoms with E-state index in [9.17, 15) is 5.11 Å². The number of piperazine rings is 1. The van der Waals surface area contributed by atoms with E-state index in [-0.39, 0.29) is 12.6 Å². The Kier molecular flexibility index (Phi) is 7.97. The molecule has 0 amide bonds. The molecule has 2 aromatic rings. The maximum Gasteiger partial charge on any atom is 0.164 e. The van der Waals surface area contributed by atoms with Crippen molar-refractivity contribution in [1.82, 2.24) is 20.6 Å². The van der Waals surface area contributed by atoms with Gasteiger partial charge in [-0.25, -0.2) is 9.97 Å². The zero-order valence-electron chi connectivity index (χ0n) is 19.8. The monoisotopic (exact) mass is 456 g/mol. The highest BCUT2D eigenvalue weighted by Gasteiger charge is 2.24. The van der Waals surface area contributed by atoms with Crippen LogP contribution in [0.1, 0.15) is 18.9 Å². The first-order valence-electron chi connectivity index (χ1n) is 11.8. The number of hydrogen-bond donors (Lipinski definition) is 4. The SMILES string of the molecule is CNCC(O)COc1cccc(-c2nc(NC3CCOC3)c(C)c(N3CCN[C@@H](C)C3)n2)c1. The third kappa shape index (κ3) is 6.11. The van der Waals surface area contributed by atoms with Crippen molar-refractivity contribution in [3.05, 3.63) is 29.8 Å². The second-order valence-electron chi connectivity index (χ2n) is 8.90.